The van der Waals surface area contributed by atoms with Gasteiger partial charge >= 0.3 is 0 Å². The monoisotopic (exact) mass is 419 g/mol. The van der Waals surface area contributed by atoms with Gasteiger partial charge in [-0.2, -0.15) is 5.10 Å². The third kappa shape index (κ3) is 6.40. The molecule has 0 spiro atoms. The van der Waals surface area contributed by atoms with E-state index in [0.717, 1.165) is 15.7 Å². The largest absolute Gasteiger partial charge is 0.493 e. The summed E-state index contributed by atoms with van der Waals surface area (Å²) in [5.41, 5.74) is 4.62. The normalized spacial score (nSPS) is 10.6. The van der Waals surface area contributed by atoms with E-state index in [0.29, 0.717) is 30.9 Å². The molecule has 0 bridgehead atoms. The Morgan fingerprint density at radius 1 is 1.12 bits per heavy atom. The van der Waals surface area contributed by atoms with Crippen LogP contribution in [-0.2, 0) is 4.79 Å². The second-order valence-electron chi connectivity index (χ2n) is 5.44. The van der Waals surface area contributed by atoms with Crippen molar-refractivity contribution >= 4 is 33.7 Å². The molecule has 0 atom stereocenters. The van der Waals surface area contributed by atoms with Crippen molar-refractivity contribution in [2.24, 2.45) is 5.10 Å². The second kappa shape index (κ2) is 10.5. The summed E-state index contributed by atoms with van der Waals surface area (Å²) in [6.07, 6.45) is 2.81. The molecule has 0 radical (unpaired) electrons. The van der Waals surface area contributed by atoms with Crippen LogP contribution in [0.4, 0.5) is 5.69 Å². The van der Waals surface area contributed by atoms with Crippen LogP contribution in [-0.4, -0.2) is 32.9 Å². The molecule has 0 aromatic heterocycles. The average Bonchev–Trinajstić information content (AvgIpc) is 2.66. The van der Waals surface area contributed by atoms with Crippen molar-refractivity contribution in [1.82, 2.24) is 5.43 Å². The van der Waals surface area contributed by atoms with E-state index in [1.165, 1.54) is 0 Å². The lowest BCUT2D eigenvalue weighted by Crippen LogP contribution is -2.15. The first-order valence-electron chi connectivity index (χ1n) is 8.15. The molecule has 0 fully saturated rings. The van der Waals surface area contributed by atoms with Gasteiger partial charge in [0.25, 0.3) is 0 Å². The molecule has 0 heterocycles. The van der Waals surface area contributed by atoms with Crippen molar-refractivity contribution in [2.75, 3.05) is 26.1 Å². The summed E-state index contributed by atoms with van der Waals surface area (Å²) in [5.74, 6) is 1.31. The lowest BCUT2D eigenvalue weighted by Gasteiger charge is -2.07. The number of carbonyl (C=O) groups is 1. The van der Waals surface area contributed by atoms with E-state index in [1.807, 2.05) is 42.5 Å². The first-order chi connectivity index (χ1) is 12.6. The van der Waals surface area contributed by atoms with E-state index < -0.39 is 0 Å². The molecule has 0 saturated carbocycles. The van der Waals surface area contributed by atoms with Crippen molar-refractivity contribution in [1.29, 1.82) is 0 Å². The lowest BCUT2D eigenvalue weighted by atomic mass is 10.2. The number of rotatable bonds is 9. The maximum Gasteiger partial charge on any atom is 0.224 e. The molecule has 0 unspecified atom stereocenters. The van der Waals surface area contributed by atoms with E-state index in [2.05, 4.69) is 31.8 Å². The van der Waals surface area contributed by atoms with Crippen LogP contribution in [0.5, 0.6) is 11.5 Å². The Hall–Kier alpha value is -2.54. The number of hydrogen-bond acceptors (Lipinski definition) is 5. The maximum atomic E-state index is 11.9. The van der Waals surface area contributed by atoms with Gasteiger partial charge in [-0.1, -0.05) is 15.9 Å². The zero-order valence-electron chi connectivity index (χ0n) is 14.8. The van der Waals surface area contributed by atoms with Gasteiger partial charge in [-0.15, -0.1) is 0 Å². The van der Waals surface area contributed by atoms with Gasteiger partial charge in [-0.05, 0) is 54.4 Å². The molecule has 2 aromatic carbocycles. The Balaban J connectivity index is 1.69. The number of ether oxygens (including phenoxy) is 2. The molecule has 2 N–H and O–H groups in total. The number of carbonyl (C=O) groups excluding carboxylic acids is 1. The minimum absolute atomic E-state index is 0.0157. The van der Waals surface area contributed by atoms with Gasteiger partial charge in [-0.25, -0.2) is 0 Å². The molecule has 0 aliphatic rings. The van der Waals surface area contributed by atoms with Gasteiger partial charge in [0.2, 0.25) is 5.91 Å². The Morgan fingerprint density at radius 2 is 1.85 bits per heavy atom. The molecule has 6 nitrogen and oxygen atoms in total. The van der Waals surface area contributed by atoms with E-state index in [1.54, 1.807) is 20.4 Å². The van der Waals surface area contributed by atoms with Gasteiger partial charge < -0.3 is 20.2 Å². The Labute approximate surface area is 161 Å². The fourth-order valence-electron chi connectivity index (χ4n) is 2.20. The summed E-state index contributed by atoms with van der Waals surface area (Å²) in [7, 11) is 3.19. The molecule has 0 aliphatic carbocycles. The highest BCUT2D eigenvalue weighted by Gasteiger charge is 2.03. The molecule has 2 rings (SSSR count). The summed E-state index contributed by atoms with van der Waals surface area (Å²) in [5, 5.41) is 7.01. The molecule has 7 heteroatoms. The van der Waals surface area contributed by atoms with E-state index in [9.17, 15) is 4.79 Å². The first-order valence-corrected chi connectivity index (χ1v) is 8.95. The number of amides is 1. The number of nitrogens with zero attached hydrogens (tertiary/aromatic N) is 1. The van der Waals surface area contributed by atoms with Crippen LogP contribution in [0.1, 0.15) is 18.4 Å². The topological polar surface area (TPSA) is 72.0 Å². The van der Waals surface area contributed by atoms with Crippen LogP contribution in [0.3, 0.4) is 0 Å². The smallest absolute Gasteiger partial charge is 0.224 e. The molecule has 26 heavy (non-hydrogen) atoms. The molecule has 0 saturated heterocycles. The highest BCUT2D eigenvalue weighted by Crippen LogP contribution is 2.26. The summed E-state index contributed by atoms with van der Waals surface area (Å²) >= 11 is 3.36. The number of anilines is 1. The van der Waals surface area contributed by atoms with E-state index in [-0.39, 0.29) is 5.91 Å². The van der Waals surface area contributed by atoms with E-state index in [4.69, 9.17) is 9.47 Å². The molecule has 0 aliphatic heterocycles. The summed E-state index contributed by atoms with van der Waals surface area (Å²) in [6.45, 7) is 0.609. The standard InChI is InChI=1S/C19H22BrN3O3/c1-25-17-10-5-14(12-18(17)26-2)13-22-21-11-3-4-19(24)23-16-8-6-15(20)7-9-16/h5-10,12-13,21H,3-4,11H2,1-2H3,(H,23,24)/b22-13+. The van der Waals surface area contributed by atoms with Crippen LogP contribution in [0, 0.1) is 0 Å². The highest BCUT2D eigenvalue weighted by molar-refractivity contribution is 9.10. The highest BCUT2D eigenvalue weighted by atomic mass is 79.9. The van der Waals surface area contributed by atoms with Crippen molar-refractivity contribution in [2.45, 2.75) is 12.8 Å². The minimum atomic E-state index is -0.0157. The average molecular weight is 420 g/mol. The predicted octanol–water partition coefficient (Wildman–Crippen LogP) is 3.81. The summed E-state index contributed by atoms with van der Waals surface area (Å²) in [6, 6.07) is 13.0. The fourth-order valence-corrected chi connectivity index (χ4v) is 2.47. The van der Waals surface area contributed by atoms with Crippen LogP contribution in [0.15, 0.2) is 52.0 Å². The lowest BCUT2D eigenvalue weighted by molar-refractivity contribution is -0.116. The Kier molecular flexibility index (Phi) is 7.95. The third-order valence-electron chi connectivity index (χ3n) is 3.53. The van der Waals surface area contributed by atoms with Crippen LogP contribution in [0.25, 0.3) is 0 Å². The number of hydrogen-bond donors (Lipinski definition) is 2. The third-order valence-corrected chi connectivity index (χ3v) is 4.06. The number of benzene rings is 2. The van der Waals surface area contributed by atoms with Crippen molar-refractivity contribution in [3.05, 3.63) is 52.5 Å². The van der Waals surface area contributed by atoms with Crippen LogP contribution in [0.2, 0.25) is 0 Å². The Morgan fingerprint density at radius 3 is 2.54 bits per heavy atom. The van der Waals surface area contributed by atoms with Gasteiger partial charge in [0.15, 0.2) is 11.5 Å². The fraction of sp³-hybridized carbons (Fsp3) is 0.263. The van der Waals surface area contributed by atoms with E-state index >= 15 is 0 Å². The molecular formula is C19H22BrN3O3. The van der Waals surface area contributed by atoms with Crippen LogP contribution >= 0.6 is 15.9 Å². The quantitative estimate of drug-likeness (QED) is 0.368. The molecule has 2 aromatic rings. The van der Waals surface area contributed by atoms with Crippen molar-refractivity contribution in [3.8, 4) is 11.5 Å². The summed E-state index contributed by atoms with van der Waals surface area (Å²) in [4.78, 5) is 11.9. The summed E-state index contributed by atoms with van der Waals surface area (Å²) < 4.78 is 11.4. The first kappa shape index (κ1) is 19.8. The minimum Gasteiger partial charge on any atom is -0.493 e. The van der Waals surface area contributed by atoms with Gasteiger partial charge in [0.1, 0.15) is 0 Å². The number of hydrazone groups is 1. The zero-order chi connectivity index (χ0) is 18.8. The number of methoxy groups -OCH3 is 2. The number of halogens is 1. The Bertz CT molecular complexity index is 748. The van der Waals surface area contributed by atoms with Gasteiger partial charge in [0.05, 0.1) is 20.4 Å². The van der Waals surface area contributed by atoms with Gasteiger partial charge in [0, 0.05) is 23.1 Å². The number of nitrogens with one attached hydrogen (secondary N) is 2. The molecular weight excluding hydrogens is 398 g/mol. The molecule has 138 valence electrons. The molecule has 1 amide bonds. The SMILES string of the molecule is COc1ccc(/C=N/NCCCC(=O)Nc2ccc(Br)cc2)cc1OC. The maximum absolute atomic E-state index is 11.9. The van der Waals surface area contributed by atoms with Crippen molar-refractivity contribution < 1.29 is 14.3 Å². The predicted molar refractivity (Wildman–Crippen MR) is 107 cm³/mol. The second-order valence-corrected chi connectivity index (χ2v) is 6.36. The van der Waals surface area contributed by atoms with Crippen LogP contribution < -0.4 is 20.2 Å². The van der Waals surface area contributed by atoms with Gasteiger partial charge in [-0.3, -0.25) is 4.79 Å². The zero-order valence-corrected chi connectivity index (χ0v) is 16.4. The van der Waals surface area contributed by atoms with Crippen molar-refractivity contribution in [3.63, 3.8) is 0 Å².